The van der Waals surface area contributed by atoms with Crippen LogP contribution in [0.15, 0.2) is 48.5 Å². The fourth-order valence-electron chi connectivity index (χ4n) is 4.30. The molecule has 32 heavy (non-hydrogen) atoms. The van der Waals surface area contributed by atoms with E-state index in [1.165, 1.54) is 23.8 Å². The number of carbonyl (C=O) groups excluding carboxylic acids is 2. The van der Waals surface area contributed by atoms with Crippen molar-refractivity contribution in [3.63, 3.8) is 0 Å². The number of imide groups is 1. The van der Waals surface area contributed by atoms with Crippen molar-refractivity contribution < 1.29 is 19.2 Å². The van der Waals surface area contributed by atoms with Crippen LogP contribution in [0.3, 0.4) is 0 Å². The molecule has 4 rings (SSSR count). The molecule has 0 N–H and O–H groups in total. The van der Waals surface area contributed by atoms with Crippen molar-refractivity contribution in [3.05, 3.63) is 64.2 Å². The lowest BCUT2D eigenvalue weighted by atomic mass is 10.1. The first-order valence-corrected chi connectivity index (χ1v) is 10.8. The summed E-state index contributed by atoms with van der Waals surface area (Å²) in [6.45, 7) is 5.89. The van der Waals surface area contributed by atoms with Crippen molar-refractivity contribution in [3.8, 4) is 5.75 Å². The van der Waals surface area contributed by atoms with E-state index in [9.17, 15) is 19.7 Å². The number of nitro benzene ring substituents is 1. The van der Waals surface area contributed by atoms with Crippen molar-refractivity contribution in [1.29, 1.82) is 0 Å². The smallest absolute Gasteiger partial charge is 0.273 e. The maximum Gasteiger partial charge on any atom is 0.273 e. The van der Waals surface area contributed by atoms with Crippen LogP contribution >= 0.6 is 0 Å². The fourth-order valence-corrected chi connectivity index (χ4v) is 4.30. The zero-order valence-corrected chi connectivity index (χ0v) is 18.0. The molecular formula is C23H26N4O5. The van der Waals surface area contributed by atoms with Crippen LogP contribution in [-0.4, -0.2) is 65.4 Å². The van der Waals surface area contributed by atoms with E-state index in [2.05, 4.69) is 21.9 Å². The average Bonchev–Trinajstić information content (AvgIpc) is 3.09. The van der Waals surface area contributed by atoms with Crippen molar-refractivity contribution >= 4 is 23.2 Å². The van der Waals surface area contributed by atoms with Gasteiger partial charge in [-0.2, -0.15) is 0 Å². The van der Waals surface area contributed by atoms with Crippen LogP contribution < -0.4 is 9.64 Å². The summed E-state index contributed by atoms with van der Waals surface area (Å²) >= 11 is 0. The molecule has 0 saturated carbocycles. The molecule has 2 saturated heterocycles. The Morgan fingerprint density at radius 3 is 2.44 bits per heavy atom. The lowest BCUT2D eigenvalue weighted by Gasteiger charge is -2.37. The van der Waals surface area contributed by atoms with Crippen molar-refractivity contribution in [2.75, 3.05) is 37.7 Å². The molecule has 2 aromatic carbocycles. The van der Waals surface area contributed by atoms with Crippen LogP contribution in [0.4, 0.5) is 11.4 Å². The largest absolute Gasteiger partial charge is 0.491 e. The standard InChI is InChI=1S/C23H26N4O5/c1-2-32-21-14-18(27(30)31)8-9-19(21)26-22(28)15-20(23(26)29)25-12-10-24(11-13-25)16-17-6-4-3-5-7-17/h3-9,14,20H,2,10-13,15-16H2,1H3/t20-/m1/s1. The summed E-state index contributed by atoms with van der Waals surface area (Å²) in [6, 6.07) is 13.7. The maximum atomic E-state index is 13.2. The second-order valence-electron chi connectivity index (χ2n) is 7.93. The van der Waals surface area contributed by atoms with E-state index in [-0.39, 0.29) is 42.0 Å². The molecule has 9 heteroatoms. The summed E-state index contributed by atoms with van der Waals surface area (Å²) in [5, 5.41) is 11.1. The van der Waals surface area contributed by atoms with Gasteiger partial charge in [0, 0.05) is 38.8 Å². The molecule has 0 aromatic heterocycles. The number of hydrogen-bond donors (Lipinski definition) is 0. The average molecular weight is 438 g/mol. The normalized spacial score (nSPS) is 20.0. The number of anilines is 1. The molecular weight excluding hydrogens is 412 g/mol. The predicted octanol–water partition coefficient (Wildman–Crippen LogP) is 2.44. The number of rotatable bonds is 7. The number of amides is 2. The topological polar surface area (TPSA) is 96.2 Å². The van der Waals surface area contributed by atoms with E-state index in [0.717, 1.165) is 24.5 Å². The van der Waals surface area contributed by atoms with Crippen LogP contribution in [0.25, 0.3) is 0 Å². The van der Waals surface area contributed by atoms with E-state index < -0.39 is 11.0 Å². The Labute approximate surface area is 186 Å². The zero-order chi connectivity index (χ0) is 22.7. The SMILES string of the molecule is CCOc1cc([N+](=O)[O-])ccc1N1C(=O)C[C@@H](N2CCN(Cc3ccccc3)CC2)C1=O. The Kier molecular flexibility index (Phi) is 6.48. The van der Waals surface area contributed by atoms with E-state index in [1.807, 2.05) is 18.2 Å². The van der Waals surface area contributed by atoms with Crippen molar-refractivity contribution in [1.82, 2.24) is 9.80 Å². The third-order valence-electron chi connectivity index (χ3n) is 5.91. The molecule has 2 aliphatic heterocycles. The Bertz CT molecular complexity index is 1000. The van der Waals surface area contributed by atoms with E-state index in [4.69, 9.17) is 4.74 Å². The van der Waals surface area contributed by atoms with Crippen LogP contribution in [0.1, 0.15) is 18.9 Å². The van der Waals surface area contributed by atoms with Crippen molar-refractivity contribution in [2.24, 2.45) is 0 Å². The van der Waals surface area contributed by atoms with E-state index >= 15 is 0 Å². The van der Waals surface area contributed by atoms with Gasteiger partial charge in [-0.25, -0.2) is 4.90 Å². The fraction of sp³-hybridized carbons (Fsp3) is 0.391. The molecule has 168 valence electrons. The van der Waals surface area contributed by atoms with Gasteiger partial charge in [0.25, 0.3) is 11.6 Å². The molecule has 1 atom stereocenters. The monoisotopic (exact) mass is 438 g/mol. The molecule has 0 radical (unpaired) electrons. The molecule has 2 amide bonds. The number of nitro groups is 1. The zero-order valence-electron chi connectivity index (χ0n) is 18.0. The first-order valence-electron chi connectivity index (χ1n) is 10.8. The first-order chi connectivity index (χ1) is 15.5. The van der Waals surface area contributed by atoms with Gasteiger partial charge < -0.3 is 4.74 Å². The van der Waals surface area contributed by atoms with Gasteiger partial charge >= 0.3 is 0 Å². The van der Waals surface area contributed by atoms with Gasteiger partial charge in [0.2, 0.25) is 5.91 Å². The summed E-state index contributed by atoms with van der Waals surface area (Å²) in [7, 11) is 0. The summed E-state index contributed by atoms with van der Waals surface area (Å²) in [5.74, 6) is -0.459. The second kappa shape index (κ2) is 9.46. The molecule has 9 nitrogen and oxygen atoms in total. The Balaban J connectivity index is 1.45. The van der Waals surface area contributed by atoms with Gasteiger partial charge in [-0.1, -0.05) is 30.3 Å². The number of benzene rings is 2. The van der Waals surface area contributed by atoms with Crippen LogP contribution in [0.5, 0.6) is 5.75 Å². The summed E-state index contributed by atoms with van der Waals surface area (Å²) in [5.41, 5.74) is 1.36. The predicted molar refractivity (Wildman–Crippen MR) is 118 cm³/mol. The minimum atomic E-state index is -0.530. The maximum absolute atomic E-state index is 13.2. The van der Waals surface area contributed by atoms with Crippen molar-refractivity contribution in [2.45, 2.75) is 25.9 Å². The summed E-state index contributed by atoms with van der Waals surface area (Å²) < 4.78 is 5.52. The van der Waals surface area contributed by atoms with E-state index in [0.29, 0.717) is 13.1 Å². The number of ether oxygens (including phenoxy) is 1. The minimum Gasteiger partial charge on any atom is -0.491 e. The molecule has 0 unspecified atom stereocenters. The summed E-state index contributed by atoms with van der Waals surface area (Å²) in [6.07, 6.45) is 0.0973. The molecule has 2 heterocycles. The quantitative estimate of drug-likeness (QED) is 0.372. The van der Waals surface area contributed by atoms with Crippen LogP contribution in [0, 0.1) is 10.1 Å². The Morgan fingerprint density at radius 1 is 1.06 bits per heavy atom. The number of nitrogens with zero attached hydrogens (tertiary/aromatic N) is 4. The molecule has 2 fully saturated rings. The Hall–Kier alpha value is -3.30. The first kappa shape index (κ1) is 21.9. The molecule has 0 spiro atoms. The lowest BCUT2D eigenvalue weighted by Crippen LogP contribution is -2.52. The van der Waals surface area contributed by atoms with Gasteiger partial charge in [-0.15, -0.1) is 0 Å². The lowest BCUT2D eigenvalue weighted by molar-refractivity contribution is -0.384. The number of carbonyl (C=O) groups is 2. The number of non-ortho nitro benzene ring substituents is 1. The number of hydrogen-bond acceptors (Lipinski definition) is 7. The van der Waals surface area contributed by atoms with Gasteiger partial charge in [0.15, 0.2) is 0 Å². The highest BCUT2D eigenvalue weighted by atomic mass is 16.6. The van der Waals surface area contributed by atoms with E-state index in [1.54, 1.807) is 6.92 Å². The second-order valence-corrected chi connectivity index (χ2v) is 7.93. The third kappa shape index (κ3) is 4.49. The van der Waals surface area contributed by atoms with Gasteiger partial charge in [0.1, 0.15) is 5.75 Å². The summed E-state index contributed by atoms with van der Waals surface area (Å²) in [4.78, 5) is 42.1. The molecule has 2 aromatic rings. The number of piperazine rings is 1. The third-order valence-corrected chi connectivity index (χ3v) is 5.91. The van der Waals surface area contributed by atoms with Crippen LogP contribution in [0.2, 0.25) is 0 Å². The van der Waals surface area contributed by atoms with Gasteiger partial charge in [0.05, 0.1) is 35.7 Å². The molecule has 0 bridgehead atoms. The van der Waals surface area contributed by atoms with Crippen LogP contribution in [-0.2, 0) is 16.1 Å². The highest BCUT2D eigenvalue weighted by Gasteiger charge is 2.44. The molecule has 0 aliphatic carbocycles. The highest BCUT2D eigenvalue weighted by Crippen LogP contribution is 2.36. The van der Waals surface area contributed by atoms with Gasteiger partial charge in [-0.3, -0.25) is 29.5 Å². The highest BCUT2D eigenvalue weighted by molar-refractivity contribution is 6.23. The Morgan fingerprint density at radius 2 is 1.78 bits per heavy atom. The van der Waals surface area contributed by atoms with Gasteiger partial charge in [-0.05, 0) is 18.6 Å². The molecule has 2 aliphatic rings. The minimum absolute atomic E-state index is 0.0973.